The van der Waals surface area contributed by atoms with Crippen LogP contribution in [0.25, 0.3) is 10.8 Å². The molecule has 1 aliphatic heterocycles. The largest absolute Gasteiger partial charge is 0.283 e. The molecule has 0 fully saturated rings. The summed E-state index contributed by atoms with van der Waals surface area (Å²) in [4.78, 5) is 21.6. The summed E-state index contributed by atoms with van der Waals surface area (Å²) in [5.74, 6) is 0.696. The first-order chi connectivity index (χ1) is 20.8. The number of carbonyl (C=O) groups excluding carboxylic acids is 1. The molecule has 1 amide bonds. The summed E-state index contributed by atoms with van der Waals surface area (Å²) in [6.45, 7) is 0.515. The molecule has 1 atom stereocenters. The Kier molecular flexibility index (Phi) is 7.18. The number of nitrogens with zero attached hydrogens (tertiary/aromatic N) is 2. The molecule has 0 radical (unpaired) electrons. The van der Waals surface area contributed by atoms with Gasteiger partial charge in [0, 0.05) is 11.1 Å². The van der Waals surface area contributed by atoms with Crippen molar-refractivity contribution < 1.29 is 4.79 Å². The van der Waals surface area contributed by atoms with Crippen molar-refractivity contribution in [2.75, 3.05) is 6.54 Å². The van der Waals surface area contributed by atoms with Gasteiger partial charge in [0.1, 0.15) is 5.84 Å². The van der Waals surface area contributed by atoms with Gasteiger partial charge in [0.25, 0.3) is 5.91 Å². The molecular formula is C38H29N2OP. The Morgan fingerprint density at radius 2 is 1.19 bits per heavy atom. The highest BCUT2D eigenvalue weighted by Crippen LogP contribution is 2.37. The first-order valence-corrected chi connectivity index (χ1v) is 15.5. The Bertz CT molecular complexity index is 1850. The van der Waals surface area contributed by atoms with E-state index in [1.807, 2.05) is 53.4 Å². The van der Waals surface area contributed by atoms with Gasteiger partial charge in [-0.15, -0.1) is 0 Å². The van der Waals surface area contributed by atoms with Crippen molar-refractivity contribution in [3.63, 3.8) is 0 Å². The van der Waals surface area contributed by atoms with Crippen LogP contribution in [0.5, 0.6) is 0 Å². The average molecular weight is 561 g/mol. The number of amides is 1. The van der Waals surface area contributed by atoms with Crippen molar-refractivity contribution in [2.24, 2.45) is 4.99 Å². The van der Waals surface area contributed by atoms with Crippen molar-refractivity contribution in [1.82, 2.24) is 4.90 Å². The first-order valence-electron chi connectivity index (χ1n) is 14.2. The van der Waals surface area contributed by atoms with Crippen molar-refractivity contribution in [3.8, 4) is 0 Å². The van der Waals surface area contributed by atoms with E-state index in [9.17, 15) is 4.79 Å². The van der Waals surface area contributed by atoms with Crippen molar-refractivity contribution in [1.29, 1.82) is 0 Å². The second kappa shape index (κ2) is 11.6. The minimum atomic E-state index is -0.886. The fourth-order valence-corrected chi connectivity index (χ4v) is 8.21. The lowest BCUT2D eigenvalue weighted by atomic mass is 10.0. The fraction of sp³-hybridized carbons (Fsp3) is 0.0526. The van der Waals surface area contributed by atoms with Crippen molar-refractivity contribution in [2.45, 2.75) is 6.04 Å². The normalized spacial score (nSPS) is 14.7. The lowest BCUT2D eigenvalue weighted by Crippen LogP contribution is -2.39. The third-order valence-electron chi connectivity index (χ3n) is 7.77. The Morgan fingerprint density at radius 1 is 0.619 bits per heavy atom. The molecule has 0 spiro atoms. The molecule has 4 heteroatoms. The van der Waals surface area contributed by atoms with Crippen LogP contribution >= 0.6 is 7.92 Å². The lowest BCUT2D eigenvalue weighted by molar-refractivity contribution is 0.0818. The van der Waals surface area contributed by atoms with E-state index in [-0.39, 0.29) is 11.9 Å². The number of hydrogen-bond donors (Lipinski definition) is 0. The van der Waals surface area contributed by atoms with E-state index in [1.54, 1.807) is 0 Å². The highest BCUT2D eigenvalue weighted by Gasteiger charge is 2.37. The monoisotopic (exact) mass is 560 g/mol. The van der Waals surface area contributed by atoms with Crippen LogP contribution in [0.2, 0.25) is 0 Å². The van der Waals surface area contributed by atoms with Crippen LogP contribution in [0.15, 0.2) is 163 Å². The predicted octanol–water partition coefficient (Wildman–Crippen LogP) is 7.24. The molecule has 202 valence electrons. The number of carbonyl (C=O) groups is 1. The van der Waals surface area contributed by atoms with E-state index in [2.05, 4.69) is 109 Å². The molecule has 0 aromatic heterocycles. The van der Waals surface area contributed by atoms with Gasteiger partial charge in [-0.1, -0.05) is 146 Å². The molecule has 0 aliphatic carbocycles. The van der Waals surface area contributed by atoms with Crippen LogP contribution in [0, 0.1) is 0 Å². The zero-order valence-corrected chi connectivity index (χ0v) is 23.9. The van der Waals surface area contributed by atoms with Gasteiger partial charge in [-0.2, -0.15) is 0 Å². The van der Waals surface area contributed by atoms with E-state index in [0.717, 1.165) is 27.7 Å². The standard InChI is InChI=1S/C38H29N2OP/c41-38(31-25-24-28-14-10-11-17-30(28)26-31)40-35(29-15-4-1-5-16-29)27-39-37(40)34-22-12-13-23-36(34)42(32-18-6-2-7-19-32)33-20-8-3-9-21-33/h1-26,35H,27H2. The Morgan fingerprint density at radius 3 is 1.88 bits per heavy atom. The number of benzene rings is 6. The maximum absolute atomic E-state index is 14.5. The summed E-state index contributed by atoms with van der Waals surface area (Å²) in [7, 11) is -0.886. The smallest absolute Gasteiger partial charge is 0.260 e. The van der Waals surface area contributed by atoms with Crippen molar-refractivity contribution in [3.05, 3.63) is 174 Å². The SMILES string of the molecule is O=C(c1ccc2ccccc2c1)N1C(c2ccccc2P(c2ccccc2)c2ccccc2)=NCC1c1ccccc1. The summed E-state index contributed by atoms with van der Waals surface area (Å²) in [5, 5.41) is 5.88. The van der Waals surface area contributed by atoms with Crippen LogP contribution in [0.1, 0.15) is 27.5 Å². The summed E-state index contributed by atoms with van der Waals surface area (Å²) >= 11 is 0. The molecule has 42 heavy (non-hydrogen) atoms. The number of aliphatic imine (C=N–C) groups is 1. The predicted molar refractivity (Wildman–Crippen MR) is 176 cm³/mol. The Labute approximate surface area is 247 Å². The third-order valence-corrected chi connectivity index (χ3v) is 10.3. The quantitative estimate of drug-likeness (QED) is 0.198. The van der Waals surface area contributed by atoms with Crippen LogP contribution < -0.4 is 15.9 Å². The molecule has 6 aromatic carbocycles. The van der Waals surface area contributed by atoms with Crippen LogP contribution in [0.3, 0.4) is 0 Å². The molecule has 3 nitrogen and oxygen atoms in total. The van der Waals surface area contributed by atoms with Crippen LogP contribution in [0.4, 0.5) is 0 Å². The summed E-state index contributed by atoms with van der Waals surface area (Å²) < 4.78 is 0. The second-order valence-electron chi connectivity index (χ2n) is 10.4. The number of rotatable bonds is 6. The highest BCUT2D eigenvalue weighted by molar-refractivity contribution is 7.80. The maximum Gasteiger partial charge on any atom is 0.260 e. The van der Waals surface area contributed by atoms with E-state index in [4.69, 9.17) is 4.99 Å². The van der Waals surface area contributed by atoms with Gasteiger partial charge in [0.2, 0.25) is 0 Å². The van der Waals surface area contributed by atoms with Gasteiger partial charge in [-0.25, -0.2) is 0 Å². The lowest BCUT2D eigenvalue weighted by Gasteiger charge is -2.29. The van der Waals surface area contributed by atoms with E-state index < -0.39 is 7.92 Å². The maximum atomic E-state index is 14.5. The number of amidine groups is 1. The molecule has 1 heterocycles. The van der Waals surface area contributed by atoms with Gasteiger partial charge in [0.15, 0.2) is 0 Å². The minimum Gasteiger partial charge on any atom is -0.283 e. The zero-order valence-electron chi connectivity index (χ0n) is 23.0. The highest BCUT2D eigenvalue weighted by atomic mass is 31.1. The number of hydrogen-bond acceptors (Lipinski definition) is 2. The van der Waals surface area contributed by atoms with Gasteiger partial charge < -0.3 is 0 Å². The molecule has 0 saturated heterocycles. The summed E-state index contributed by atoms with van der Waals surface area (Å²) in [5.41, 5.74) is 2.75. The zero-order chi connectivity index (χ0) is 28.3. The van der Waals surface area contributed by atoms with E-state index >= 15 is 0 Å². The van der Waals surface area contributed by atoms with Gasteiger partial charge in [0.05, 0.1) is 12.6 Å². The molecule has 1 aliphatic rings. The topological polar surface area (TPSA) is 32.7 Å². The van der Waals surface area contributed by atoms with Gasteiger partial charge >= 0.3 is 0 Å². The average Bonchev–Trinajstić information content (AvgIpc) is 3.51. The summed E-state index contributed by atoms with van der Waals surface area (Å²) in [6.07, 6.45) is 0. The molecule has 0 N–H and O–H groups in total. The number of fused-ring (bicyclic) bond motifs is 1. The van der Waals surface area contributed by atoms with Crippen molar-refractivity contribution >= 4 is 46.4 Å². The molecule has 0 bridgehead atoms. The molecule has 0 saturated carbocycles. The molecule has 1 unspecified atom stereocenters. The molecule has 7 rings (SSSR count). The molecule has 6 aromatic rings. The second-order valence-corrected chi connectivity index (χ2v) is 12.5. The van der Waals surface area contributed by atoms with Gasteiger partial charge in [-0.05, 0) is 52.3 Å². The minimum absolute atomic E-state index is 0.0376. The fourth-order valence-electron chi connectivity index (χ4n) is 5.76. The van der Waals surface area contributed by atoms with Crippen LogP contribution in [-0.4, -0.2) is 23.2 Å². The van der Waals surface area contributed by atoms with Crippen LogP contribution in [-0.2, 0) is 0 Å². The van der Waals surface area contributed by atoms with Gasteiger partial charge in [-0.3, -0.25) is 14.7 Å². The van der Waals surface area contributed by atoms with E-state index in [0.29, 0.717) is 12.1 Å². The Hall–Kier alpha value is -4.85. The van der Waals surface area contributed by atoms with E-state index in [1.165, 1.54) is 15.9 Å². The summed E-state index contributed by atoms with van der Waals surface area (Å²) in [6, 6.07) is 54.0. The molecular weight excluding hydrogens is 531 g/mol. The third kappa shape index (κ3) is 4.93. The Balaban J connectivity index is 1.38. The first kappa shape index (κ1) is 26.1.